The highest BCUT2D eigenvalue weighted by atomic mass is 16.5. The van der Waals surface area contributed by atoms with Gasteiger partial charge in [0.2, 0.25) is 0 Å². The van der Waals surface area contributed by atoms with Crippen molar-refractivity contribution in [2.75, 3.05) is 7.11 Å². The van der Waals surface area contributed by atoms with Crippen LogP contribution in [0.15, 0.2) is 35.5 Å². The summed E-state index contributed by atoms with van der Waals surface area (Å²) in [6.07, 6.45) is 7.10. The fourth-order valence-corrected chi connectivity index (χ4v) is 4.09. The van der Waals surface area contributed by atoms with Gasteiger partial charge in [-0.1, -0.05) is 24.3 Å². The van der Waals surface area contributed by atoms with Crippen molar-refractivity contribution < 1.29 is 29.0 Å². The molecular formula is C20H24O6. The van der Waals surface area contributed by atoms with Crippen LogP contribution < -0.4 is 0 Å². The zero-order chi connectivity index (χ0) is 19.6. The van der Waals surface area contributed by atoms with Gasteiger partial charge in [-0.2, -0.15) is 0 Å². The summed E-state index contributed by atoms with van der Waals surface area (Å²) in [6.45, 7) is 4.15. The van der Waals surface area contributed by atoms with Gasteiger partial charge in [0.15, 0.2) is 11.6 Å². The molecule has 140 valence electrons. The van der Waals surface area contributed by atoms with Crippen LogP contribution in [0.5, 0.6) is 0 Å². The normalized spacial score (nSPS) is 31.1. The van der Waals surface area contributed by atoms with Crippen LogP contribution in [0, 0.1) is 17.8 Å². The molecule has 4 atom stereocenters. The number of carbonyl (C=O) groups excluding carboxylic acids is 4. The number of ketones is 3. The Morgan fingerprint density at radius 1 is 1.38 bits per heavy atom. The first-order chi connectivity index (χ1) is 12.2. The molecule has 0 aromatic rings. The third kappa shape index (κ3) is 3.33. The Bertz CT molecular complexity index is 737. The van der Waals surface area contributed by atoms with Crippen molar-refractivity contribution in [3.63, 3.8) is 0 Å². The van der Waals surface area contributed by atoms with Crippen LogP contribution in [-0.4, -0.2) is 41.1 Å². The molecule has 0 bridgehead atoms. The molecule has 6 heteroatoms. The highest BCUT2D eigenvalue weighted by molar-refractivity contribution is 6.06. The Hall–Kier alpha value is -2.34. The van der Waals surface area contributed by atoms with E-state index in [2.05, 4.69) is 0 Å². The summed E-state index contributed by atoms with van der Waals surface area (Å²) in [5.74, 6) is -4.86. The van der Waals surface area contributed by atoms with Gasteiger partial charge in [-0.3, -0.25) is 14.4 Å². The van der Waals surface area contributed by atoms with Crippen molar-refractivity contribution in [1.82, 2.24) is 0 Å². The summed E-state index contributed by atoms with van der Waals surface area (Å²) in [6, 6.07) is 0. The topological polar surface area (TPSA) is 97.7 Å². The minimum atomic E-state index is -1.94. The van der Waals surface area contributed by atoms with Gasteiger partial charge in [0.25, 0.3) is 0 Å². The SMILES string of the molecule is C/C=C(/C(=O)OC)[C@H]1[C@H](CC(=O)C2=CC=CC2)C(=O)[C@](C)(O)[C@H]1C(C)=O. The van der Waals surface area contributed by atoms with Gasteiger partial charge >= 0.3 is 5.97 Å². The summed E-state index contributed by atoms with van der Waals surface area (Å²) in [7, 11) is 1.21. The molecule has 0 aromatic heterocycles. The molecule has 0 amide bonds. The highest BCUT2D eigenvalue weighted by Gasteiger charge is 2.60. The quantitative estimate of drug-likeness (QED) is 0.572. The molecule has 0 saturated heterocycles. The summed E-state index contributed by atoms with van der Waals surface area (Å²) in [5.41, 5.74) is -1.23. The predicted octanol–water partition coefficient (Wildman–Crippen LogP) is 1.72. The third-order valence-corrected chi connectivity index (χ3v) is 5.30. The van der Waals surface area contributed by atoms with E-state index < -0.39 is 40.9 Å². The molecule has 0 unspecified atom stereocenters. The summed E-state index contributed by atoms with van der Waals surface area (Å²) in [5, 5.41) is 10.7. The number of ether oxygens (including phenoxy) is 1. The van der Waals surface area contributed by atoms with E-state index in [0.717, 1.165) is 0 Å². The fraction of sp³-hybridized carbons (Fsp3) is 0.500. The summed E-state index contributed by atoms with van der Waals surface area (Å²) in [4.78, 5) is 49.9. The Kier molecular flexibility index (Phi) is 5.76. The second-order valence-electron chi connectivity index (χ2n) is 6.92. The van der Waals surface area contributed by atoms with Crippen LogP contribution in [0.2, 0.25) is 0 Å². The highest BCUT2D eigenvalue weighted by Crippen LogP contribution is 2.48. The number of aliphatic hydroxyl groups is 1. The van der Waals surface area contributed by atoms with Gasteiger partial charge in [-0.25, -0.2) is 4.79 Å². The van der Waals surface area contributed by atoms with Crippen LogP contribution in [-0.2, 0) is 23.9 Å². The van der Waals surface area contributed by atoms with Gasteiger partial charge in [-0.05, 0) is 32.8 Å². The number of esters is 1. The molecule has 2 aliphatic carbocycles. The molecule has 1 N–H and O–H groups in total. The lowest BCUT2D eigenvalue weighted by atomic mass is 9.76. The minimum absolute atomic E-state index is 0.134. The van der Waals surface area contributed by atoms with Crippen LogP contribution in [0.1, 0.15) is 33.6 Å². The molecule has 0 spiro atoms. The van der Waals surface area contributed by atoms with E-state index in [1.165, 1.54) is 27.0 Å². The van der Waals surface area contributed by atoms with Crippen molar-refractivity contribution in [2.24, 2.45) is 17.8 Å². The molecule has 6 nitrogen and oxygen atoms in total. The van der Waals surface area contributed by atoms with E-state index in [1.54, 1.807) is 19.1 Å². The van der Waals surface area contributed by atoms with Crippen molar-refractivity contribution in [1.29, 1.82) is 0 Å². The number of Topliss-reactive ketones (excluding diaryl/α,β-unsaturated/α-hetero) is 3. The zero-order valence-electron chi connectivity index (χ0n) is 15.4. The Morgan fingerprint density at radius 2 is 2.04 bits per heavy atom. The first-order valence-electron chi connectivity index (χ1n) is 8.57. The second-order valence-corrected chi connectivity index (χ2v) is 6.92. The van der Waals surface area contributed by atoms with Gasteiger partial charge < -0.3 is 9.84 Å². The number of hydrogen-bond donors (Lipinski definition) is 1. The molecule has 0 radical (unpaired) electrons. The maximum absolute atomic E-state index is 12.9. The number of allylic oxidation sites excluding steroid dienone is 5. The lowest BCUT2D eigenvalue weighted by Gasteiger charge is -2.27. The number of methoxy groups -OCH3 is 1. The number of rotatable bonds is 6. The van der Waals surface area contributed by atoms with E-state index in [1.807, 2.05) is 6.08 Å². The van der Waals surface area contributed by atoms with Crippen LogP contribution in [0.3, 0.4) is 0 Å². The monoisotopic (exact) mass is 360 g/mol. The first-order valence-corrected chi connectivity index (χ1v) is 8.57. The average molecular weight is 360 g/mol. The lowest BCUT2D eigenvalue weighted by molar-refractivity contribution is -0.143. The Labute approximate surface area is 152 Å². The van der Waals surface area contributed by atoms with Crippen molar-refractivity contribution in [3.05, 3.63) is 35.5 Å². The van der Waals surface area contributed by atoms with Gasteiger partial charge in [-0.15, -0.1) is 0 Å². The average Bonchev–Trinajstić information content (AvgIpc) is 3.17. The Balaban J connectivity index is 2.47. The summed E-state index contributed by atoms with van der Waals surface area (Å²) < 4.78 is 4.78. The standard InChI is InChI=1S/C20H24O6/c1-5-13(19(24)26-4)16-14(10-15(22)12-8-6-7-9-12)18(23)20(3,25)17(16)11(2)21/h5-8,14,16-17,25H,9-10H2,1-4H3/b13-5+/t14-,16-,17-,20+/m0/s1. The van der Waals surface area contributed by atoms with Gasteiger partial charge in [0.1, 0.15) is 11.4 Å². The fourth-order valence-electron chi connectivity index (χ4n) is 4.09. The molecule has 1 saturated carbocycles. The zero-order valence-corrected chi connectivity index (χ0v) is 15.4. The van der Waals surface area contributed by atoms with Crippen LogP contribution in [0.25, 0.3) is 0 Å². The van der Waals surface area contributed by atoms with Gasteiger partial charge in [0, 0.05) is 23.8 Å². The maximum atomic E-state index is 12.9. The summed E-state index contributed by atoms with van der Waals surface area (Å²) >= 11 is 0. The Morgan fingerprint density at radius 3 is 2.50 bits per heavy atom. The second kappa shape index (κ2) is 7.50. The van der Waals surface area contributed by atoms with Crippen molar-refractivity contribution in [3.8, 4) is 0 Å². The molecule has 2 rings (SSSR count). The van der Waals surface area contributed by atoms with Crippen molar-refractivity contribution in [2.45, 2.75) is 39.2 Å². The largest absolute Gasteiger partial charge is 0.466 e. The van der Waals surface area contributed by atoms with E-state index >= 15 is 0 Å². The maximum Gasteiger partial charge on any atom is 0.333 e. The van der Waals surface area contributed by atoms with Crippen LogP contribution >= 0.6 is 0 Å². The molecular weight excluding hydrogens is 336 g/mol. The smallest absolute Gasteiger partial charge is 0.333 e. The molecule has 2 aliphatic rings. The first kappa shape index (κ1) is 20.0. The molecule has 1 fully saturated rings. The third-order valence-electron chi connectivity index (χ3n) is 5.30. The van der Waals surface area contributed by atoms with E-state index in [9.17, 15) is 24.3 Å². The minimum Gasteiger partial charge on any atom is -0.466 e. The number of hydrogen-bond acceptors (Lipinski definition) is 6. The molecule has 0 heterocycles. The molecule has 26 heavy (non-hydrogen) atoms. The van der Waals surface area contributed by atoms with Crippen LogP contribution in [0.4, 0.5) is 0 Å². The van der Waals surface area contributed by atoms with E-state index in [0.29, 0.717) is 12.0 Å². The van der Waals surface area contributed by atoms with Crippen molar-refractivity contribution >= 4 is 23.3 Å². The molecule has 0 aliphatic heterocycles. The van der Waals surface area contributed by atoms with Gasteiger partial charge in [0.05, 0.1) is 13.0 Å². The van der Waals surface area contributed by atoms with E-state index in [4.69, 9.17) is 4.74 Å². The predicted molar refractivity (Wildman–Crippen MR) is 94.0 cm³/mol. The molecule has 0 aromatic carbocycles. The lowest BCUT2D eigenvalue weighted by Crippen LogP contribution is -2.42. The number of carbonyl (C=O) groups is 4. The van der Waals surface area contributed by atoms with E-state index in [-0.39, 0.29) is 17.8 Å².